The third kappa shape index (κ3) is 3.15. The molecule has 0 aliphatic rings. The normalized spacial score (nSPS) is 11.1. The summed E-state index contributed by atoms with van der Waals surface area (Å²) >= 11 is 0. The number of aromatic nitrogens is 1. The molecule has 1 amide bonds. The third-order valence-corrected chi connectivity index (χ3v) is 3.32. The molecule has 1 aromatic heterocycles. The van der Waals surface area contributed by atoms with Crippen LogP contribution in [0.25, 0.3) is 10.9 Å². The summed E-state index contributed by atoms with van der Waals surface area (Å²) in [7, 11) is 0. The van der Waals surface area contributed by atoms with Crippen LogP contribution in [0.3, 0.4) is 0 Å². The van der Waals surface area contributed by atoms with Gasteiger partial charge in [0, 0.05) is 17.1 Å². The summed E-state index contributed by atoms with van der Waals surface area (Å²) < 4.78 is 0. The number of amides is 1. The molecule has 0 radical (unpaired) electrons. The van der Waals surface area contributed by atoms with Crippen LogP contribution in [0.5, 0.6) is 5.75 Å². The molecule has 0 fully saturated rings. The van der Waals surface area contributed by atoms with Crippen LogP contribution in [0, 0.1) is 0 Å². The number of hydrogen-bond donors (Lipinski definition) is 3. The average Bonchev–Trinajstić information content (AvgIpc) is 2.93. The number of fused-ring (bicyclic) bond motifs is 1. The van der Waals surface area contributed by atoms with E-state index in [0.717, 1.165) is 22.0 Å². The molecule has 2 aromatic carbocycles. The van der Waals surface area contributed by atoms with Crippen LogP contribution in [0.4, 0.5) is 0 Å². The summed E-state index contributed by atoms with van der Waals surface area (Å²) in [5.74, 6) is 0.0142. The minimum atomic E-state index is -0.181. The highest BCUT2D eigenvalue weighted by Gasteiger charge is 2.07. The lowest BCUT2D eigenvalue weighted by molar-refractivity contribution is -0.120. The number of carbonyl (C=O) groups excluding carboxylic acids is 1. The summed E-state index contributed by atoms with van der Waals surface area (Å²) in [4.78, 5) is 15.1. The van der Waals surface area contributed by atoms with E-state index in [4.69, 9.17) is 0 Å². The predicted octanol–water partition coefficient (Wildman–Crippen LogP) is 2.57. The highest BCUT2D eigenvalue weighted by Crippen LogP contribution is 2.17. The van der Waals surface area contributed by atoms with Crippen LogP contribution in [-0.2, 0) is 11.2 Å². The van der Waals surface area contributed by atoms with Crippen molar-refractivity contribution in [1.82, 2.24) is 10.4 Å². The highest BCUT2D eigenvalue weighted by molar-refractivity contribution is 5.89. The van der Waals surface area contributed by atoms with Gasteiger partial charge < -0.3 is 10.1 Å². The summed E-state index contributed by atoms with van der Waals surface area (Å²) in [6.07, 6.45) is 3.64. The van der Waals surface area contributed by atoms with E-state index in [1.807, 2.05) is 30.5 Å². The molecule has 0 atom stereocenters. The lowest BCUT2D eigenvalue weighted by Crippen LogP contribution is -2.19. The average molecular weight is 293 g/mol. The number of aromatic hydroxyl groups is 1. The Kier molecular flexibility index (Phi) is 3.87. The lowest BCUT2D eigenvalue weighted by atomic mass is 10.1. The first kappa shape index (κ1) is 13.9. The summed E-state index contributed by atoms with van der Waals surface area (Å²) in [5.41, 5.74) is 5.25. The first-order valence-electron chi connectivity index (χ1n) is 6.88. The molecule has 0 unspecified atom stereocenters. The Bertz CT molecular complexity index is 819. The highest BCUT2D eigenvalue weighted by atomic mass is 16.3. The summed E-state index contributed by atoms with van der Waals surface area (Å²) in [6.45, 7) is 0. The van der Waals surface area contributed by atoms with E-state index >= 15 is 0 Å². The molecule has 5 heteroatoms. The Morgan fingerprint density at radius 2 is 1.95 bits per heavy atom. The summed E-state index contributed by atoms with van der Waals surface area (Å²) in [5, 5.41) is 14.1. The number of phenolic OH excluding ortho intramolecular Hbond substituents is 1. The van der Waals surface area contributed by atoms with E-state index in [2.05, 4.69) is 15.5 Å². The smallest absolute Gasteiger partial charge is 0.244 e. The molecule has 3 rings (SSSR count). The maximum atomic E-state index is 11.9. The molecule has 110 valence electrons. The zero-order valence-corrected chi connectivity index (χ0v) is 11.8. The number of aromatic amines is 1. The van der Waals surface area contributed by atoms with Crippen LogP contribution in [0.1, 0.15) is 11.1 Å². The molecular weight excluding hydrogens is 278 g/mol. The molecule has 22 heavy (non-hydrogen) atoms. The fourth-order valence-electron chi connectivity index (χ4n) is 2.23. The predicted molar refractivity (Wildman–Crippen MR) is 85.8 cm³/mol. The van der Waals surface area contributed by atoms with Crippen LogP contribution in [-0.4, -0.2) is 22.2 Å². The van der Waals surface area contributed by atoms with Crippen molar-refractivity contribution in [2.75, 3.05) is 0 Å². The van der Waals surface area contributed by atoms with Crippen molar-refractivity contribution >= 4 is 23.0 Å². The van der Waals surface area contributed by atoms with Crippen molar-refractivity contribution < 1.29 is 9.90 Å². The number of hydrogen-bond acceptors (Lipinski definition) is 3. The first-order chi connectivity index (χ1) is 10.7. The van der Waals surface area contributed by atoms with Crippen molar-refractivity contribution in [1.29, 1.82) is 0 Å². The maximum Gasteiger partial charge on any atom is 0.244 e. The number of phenols is 1. The molecule has 0 bridgehead atoms. The third-order valence-electron chi connectivity index (χ3n) is 3.32. The van der Waals surface area contributed by atoms with E-state index in [1.165, 1.54) is 6.21 Å². The van der Waals surface area contributed by atoms with Gasteiger partial charge in [0.2, 0.25) is 5.91 Å². The van der Waals surface area contributed by atoms with Crippen LogP contribution < -0.4 is 5.43 Å². The van der Waals surface area contributed by atoms with Crippen LogP contribution >= 0.6 is 0 Å². The molecule has 0 saturated carbocycles. The quantitative estimate of drug-likeness (QED) is 0.510. The van der Waals surface area contributed by atoms with Gasteiger partial charge in [-0.15, -0.1) is 0 Å². The van der Waals surface area contributed by atoms with Crippen LogP contribution in [0.2, 0.25) is 0 Å². The van der Waals surface area contributed by atoms with E-state index in [-0.39, 0.29) is 18.1 Å². The Morgan fingerprint density at radius 1 is 1.18 bits per heavy atom. The molecule has 1 heterocycles. The molecular formula is C17H15N3O2. The largest absolute Gasteiger partial charge is 0.508 e. The molecule has 5 nitrogen and oxygen atoms in total. The zero-order valence-electron chi connectivity index (χ0n) is 11.8. The molecule has 0 saturated heterocycles. The zero-order chi connectivity index (χ0) is 15.4. The van der Waals surface area contributed by atoms with Gasteiger partial charge in [0.25, 0.3) is 0 Å². The molecule has 0 spiro atoms. The van der Waals surface area contributed by atoms with Gasteiger partial charge >= 0.3 is 0 Å². The number of rotatable bonds is 4. The van der Waals surface area contributed by atoms with Crippen LogP contribution in [0.15, 0.2) is 59.8 Å². The Morgan fingerprint density at radius 3 is 2.77 bits per heavy atom. The van der Waals surface area contributed by atoms with E-state index in [1.54, 1.807) is 24.3 Å². The fourth-order valence-corrected chi connectivity index (χ4v) is 2.23. The van der Waals surface area contributed by atoms with Gasteiger partial charge in [-0.2, -0.15) is 5.10 Å². The number of benzene rings is 2. The number of nitrogens with zero attached hydrogens (tertiary/aromatic N) is 1. The second-order valence-corrected chi connectivity index (χ2v) is 4.92. The number of para-hydroxylation sites is 1. The van der Waals surface area contributed by atoms with Crippen molar-refractivity contribution in [3.05, 3.63) is 65.9 Å². The Balaban J connectivity index is 1.62. The van der Waals surface area contributed by atoms with Gasteiger partial charge in [-0.3, -0.25) is 4.79 Å². The summed E-state index contributed by atoms with van der Waals surface area (Å²) in [6, 6.07) is 14.4. The van der Waals surface area contributed by atoms with Crippen molar-refractivity contribution in [3.63, 3.8) is 0 Å². The topological polar surface area (TPSA) is 77.5 Å². The number of nitrogens with one attached hydrogen (secondary N) is 2. The van der Waals surface area contributed by atoms with Gasteiger partial charge in [-0.05, 0) is 41.5 Å². The van der Waals surface area contributed by atoms with Gasteiger partial charge in [-0.25, -0.2) is 5.43 Å². The first-order valence-corrected chi connectivity index (χ1v) is 6.88. The lowest BCUT2D eigenvalue weighted by Gasteiger charge is -1.99. The van der Waals surface area contributed by atoms with Gasteiger partial charge in [0.05, 0.1) is 12.6 Å². The Hall–Kier alpha value is -3.08. The number of carbonyl (C=O) groups is 1. The standard InChI is InChI=1S/C17H15N3O2/c21-14-7-5-12(6-8-14)10-19-20-17(22)9-13-11-18-16-4-2-1-3-15(13)16/h1-8,10-11,18,21H,9H2,(H,20,22)/b19-10-. The van der Waals surface area contributed by atoms with Gasteiger partial charge in [0.1, 0.15) is 5.75 Å². The van der Waals surface area contributed by atoms with E-state index in [9.17, 15) is 9.90 Å². The van der Waals surface area contributed by atoms with E-state index < -0.39 is 0 Å². The van der Waals surface area contributed by atoms with E-state index in [0.29, 0.717) is 0 Å². The van der Waals surface area contributed by atoms with Crippen molar-refractivity contribution in [3.8, 4) is 5.75 Å². The van der Waals surface area contributed by atoms with Gasteiger partial charge in [-0.1, -0.05) is 18.2 Å². The molecule has 0 aliphatic heterocycles. The second-order valence-electron chi connectivity index (χ2n) is 4.92. The molecule has 3 N–H and O–H groups in total. The number of hydrazone groups is 1. The van der Waals surface area contributed by atoms with Crippen molar-refractivity contribution in [2.24, 2.45) is 5.10 Å². The second kappa shape index (κ2) is 6.13. The minimum absolute atomic E-state index is 0.181. The monoisotopic (exact) mass is 293 g/mol. The van der Waals surface area contributed by atoms with Gasteiger partial charge in [0.15, 0.2) is 0 Å². The maximum absolute atomic E-state index is 11.9. The molecule has 3 aromatic rings. The molecule has 0 aliphatic carbocycles. The Labute approximate surface area is 127 Å². The SMILES string of the molecule is O=C(Cc1c[nH]c2ccccc12)N/N=C\c1ccc(O)cc1. The number of H-pyrrole nitrogens is 1. The fraction of sp³-hybridized carbons (Fsp3) is 0.0588. The van der Waals surface area contributed by atoms with Crippen molar-refractivity contribution in [2.45, 2.75) is 6.42 Å². The minimum Gasteiger partial charge on any atom is -0.508 e.